The van der Waals surface area contributed by atoms with Crippen molar-refractivity contribution >= 4 is 34.7 Å². The Morgan fingerprint density at radius 2 is 1.86 bits per heavy atom. The summed E-state index contributed by atoms with van der Waals surface area (Å²) in [4.78, 5) is 35.2. The molecule has 0 radical (unpaired) electrons. The summed E-state index contributed by atoms with van der Waals surface area (Å²) in [7, 11) is 1.46. The van der Waals surface area contributed by atoms with Crippen molar-refractivity contribution in [2.45, 2.75) is 0 Å². The van der Waals surface area contributed by atoms with Crippen molar-refractivity contribution in [3.8, 4) is 0 Å². The molecular formula is C13H11ClN2O5. The Kier molecular flexibility index (Phi) is 4.35. The van der Waals surface area contributed by atoms with Crippen molar-refractivity contribution < 1.29 is 19.2 Å². The second-order valence-electron chi connectivity index (χ2n) is 4.25. The second-order valence-corrected chi connectivity index (χ2v) is 4.63. The van der Waals surface area contributed by atoms with E-state index in [1.165, 1.54) is 31.4 Å². The molecule has 0 unspecified atom stereocenters. The van der Waals surface area contributed by atoms with Gasteiger partial charge in [-0.25, -0.2) is 0 Å². The van der Waals surface area contributed by atoms with Crippen LogP contribution in [0, 0.1) is 10.1 Å². The van der Waals surface area contributed by atoms with E-state index in [4.69, 9.17) is 16.3 Å². The van der Waals surface area contributed by atoms with Gasteiger partial charge >= 0.3 is 0 Å². The summed E-state index contributed by atoms with van der Waals surface area (Å²) in [6, 6.07) is 5.28. The molecule has 2 rings (SSSR count). The first-order valence-corrected chi connectivity index (χ1v) is 6.35. The van der Waals surface area contributed by atoms with Gasteiger partial charge in [0.25, 0.3) is 17.5 Å². The van der Waals surface area contributed by atoms with E-state index in [9.17, 15) is 19.7 Å². The number of ether oxygens (including phenoxy) is 1. The molecule has 0 aliphatic carbocycles. The van der Waals surface area contributed by atoms with Gasteiger partial charge in [0.15, 0.2) is 0 Å². The summed E-state index contributed by atoms with van der Waals surface area (Å²) >= 11 is 5.93. The monoisotopic (exact) mass is 310 g/mol. The minimum Gasteiger partial charge on any atom is -0.383 e. The Balaban J connectivity index is 2.32. The van der Waals surface area contributed by atoms with E-state index in [2.05, 4.69) is 0 Å². The number of imide groups is 1. The highest BCUT2D eigenvalue weighted by Crippen LogP contribution is 2.32. The van der Waals surface area contributed by atoms with E-state index in [0.29, 0.717) is 5.56 Å². The number of hydrogen-bond donors (Lipinski definition) is 0. The lowest BCUT2D eigenvalue weighted by Gasteiger charge is -2.13. The summed E-state index contributed by atoms with van der Waals surface area (Å²) in [6.07, 6.45) is 0. The van der Waals surface area contributed by atoms with E-state index in [0.717, 1.165) is 4.90 Å². The lowest BCUT2D eigenvalue weighted by Crippen LogP contribution is -2.34. The van der Waals surface area contributed by atoms with Crippen LogP contribution in [0.3, 0.4) is 0 Å². The molecule has 0 aromatic heterocycles. The highest BCUT2D eigenvalue weighted by Gasteiger charge is 2.37. The molecule has 1 aromatic rings. The zero-order valence-corrected chi connectivity index (χ0v) is 11.8. The molecule has 0 spiro atoms. The zero-order chi connectivity index (χ0) is 15.6. The van der Waals surface area contributed by atoms with Gasteiger partial charge in [0.1, 0.15) is 5.03 Å². The number of amides is 2. The first-order chi connectivity index (χ1) is 9.97. The lowest BCUT2D eigenvalue weighted by molar-refractivity contribution is -0.384. The largest absolute Gasteiger partial charge is 0.383 e. The van der Waals surface area contributed by atoms with Crippen molar-refractivity contribution in [3.05, 3.63) is 45.0 Å². The number of nitro groups is 1. The van der Waals surface area contributed by atoms with Gasteiger partial charge in [0.2, 0.25) is 0 Å². The van der Waals surface area contributed by atoms with Crippen LogP contribution >= 0.6 is 11.6 Å². The fourth-order valence-corrected chi connectivity index (χ4v) is 2.22. The third kappa shape index (κ3) is 2.79. The molecule has 0 fully saturated rings. The fraction of sp³-hybridized carbons (Fsp3) is 0.231. The van der Waals surface area contributed by atoms with E-state index in [1.54, 1.807) is 0 Å². The maximum absolute atomic E-state index is 12.2. The molecule has 1 aliphatic rings. The maximum Gasteiger partial charge on any atom is 0.273 e. The van der Waals surface area contributed by atoms with Crippen LogP contribution in [0.1, 0.15) is 5.56 Å². The van der Waals surface area contributed by atoms with Crippen molar-refractivity contribution in [1.82, 2.24) is 4.90 Å². The highest BCUT2D eigenvalue weighted by atomic mass is 35.5. The molecule has 7 nitrogen and oxygen atoms in total. The highest BCUT2D eigenvalue weighted by molar-refractivity contribution is 6.55. The van der Waals surface area contributed by atoms with E-state index >= 15 is 0 Å². The molecule has 1 heterocycles. The first-order valence-electron chi connectivity index (χ1n) is 5.97. The number of nitrogens with zero attached hydrogens (tertiary/aromatic N) is 2. The summed E-state index contributed by atoms with van der Waals surface area (Å²) in [5.74, 6) is -1.12. The SMILES string of the molecule is COCCN1C(=O)C(Cl)=C(c2ccc([N+](=O)[O-])cc2)C1=O. The smallest absolute Gasteiger partial charge is 0.273 e. The van der Waals surface area contributed by atoms with Crippen LogP contribution in [0.2, 0.25) is 0 Å². The molecule has 2 amide bonds. The Morgan fingerprint density at radius 1 is 1.24 bits per heavy atom. The van der Waals surface area contributed by atoms with Crippen molar-refractivity contribution in [2.24, 2.45) is 0 Å². The van der Waals surface area contributed by atoms with Crippen molar-refractivity contribution in [3.63, 3.8) is 0 Å². The molecule has 21 heavy (non-hydrogen) atoms. The predicted octanol–water partition coefficient (Wildman–Crippen LogP) is 1.56. The molecule has 0 atom stereocenters. The van der Waals surface area contributed by atoms with Crippen LogP contribution < -0.4 is 0 Å². The Bertz CT molecular complexity index is 638. The number of carbonyl (C=O) groups excluding carboxylic acids is 2. The van der Waals surface area contributed by atoms with E-state index in [-0.39, 0.29) is 29.4 Å². The number of rotatable bonds is 5. The van der Waals surface area contributed by atoms with Gasteiger partial charge in [-0.15, -0.1) is 0 Å². The second kappa shape index (κ2) is 6.02. The number of halogens is 1. The van der Waals surface area contributed by atoms with Gasteiger partial charge in [0, 0.05) is 19.2 Å². The Labute approximate surface area is 124 Å². The standard InChI is InChI=1S/C13H11ClN2O5/c1-21-7-6-15-12(17)10(11(14)13(15)18)8-2-4-9(5-3-8)16(19)20/h2-5H,6-7H2,1H3. The Hall–Kier alpha value is -2.25. The molecule has 110 valence electrons. The average Bonchev–Trinajstić information content (AvgIpc) is 2.68. The lowest BCUT2D eigenvalue weighted by atomic mass is 10.1. The van der Waals surface area contributed by atoms with Gasteiger partial charge < -0.3 is 4.74 Å². The minimum absolute atomic E-state index is 0.0488. The molecule has 0 N–H and O–H groups in total. The fourth-order valence-electron chi connectivity index (χ4n) is 1.93. The van der Waals surface area contributed by atoms with Gasteiger partial charge in [-0.1, -0.05) is 11.6 Å². The first kappa shape index (κ1) is 15.1. The number of hydrogen-bond acceptors (Lipinski definition) is 5. The molecule has 0 bridgehead atoms. The van der Waals surface area contributed by atoms with Crippen LogP contribution in [-0.2, 0) is 14.3 Å². The van der Waals surface area contributed by atoms with Crippen LogP contribution in [0.15, 0.2) is 29.3 Å². The van der Waals surface area contributed by atoms with Crippen LogP contribution in [0.4, 0.5) is 5.69 Å². The van der Waals surface area contributed by atoms with E-state index in [1.807, 2.05) is 0 Å². The average molecular weight is 311 g/mol. The van der Waals surface area contributed by atoms with Gasteiger partial charge in [-0.05, 0) is 17.7 Å². The molecule has 1 aliphatic heterocycles. The Morgan fingerprint density at radius 3 is 2.38 bits per heavy atom. The number of nitro benzene ring substituents is 1. The molecule has 0 saturated heterocycles. The van der Waals surface area contributed by atoms with Crippen molar-refractivity contribution in [1.29, 1.82) is 0 Å². The summed E-state index contributed by atoms with van der Waals surface area (Å²) in [6.45, 7) is 0.302. The van der Waals surface area contributed by atoms with Gasteiger partial charge in [0.05, 0.1) is 23.6 Å². The molecule has 1 aromatic carbocycles. The zero-order valence-electron chi connectivity index (χ0n) is 11.0. The van der Waals surface area contributed by atoms with Crippen LogP contribution in [-0.4, -0.2) is 41.9 Å². The van der Waals surface area contributed by atoms with E-state index < -0.39 is 16.7 Å². The topological polar surface area (TPSA) is 89.8 Å². The number of carbonyl (C=O) groups is 2. The van der Waals surface area contributed by atoms with Crippen LogP contribution in [0.5, 0.6) is 0 Å². The summed E-state index contributed by atoms with van der Waals surface area (Å²) in [5.41, 5.74) is 0.306. The normalized spacial score (nSPS) is 15.0. The summed E-state index contributed by atoms with van der Waals surface area (Å²) in [5, 5.41) is 10.4. The molecule has 8 heteroatoms. The van der Waals surface area contributed by atoms with Gasteiger partial charge in [-0.2, -0.15) is 0 Å². The number of methoxy groups -OCH3 is 1. The minimum atomic E-state index is -0.591. The van der Waals surface area contributed by atoms with Crippen LogP contribution in [0.25, 0.3) is 5.57 Å². The number of benzene rings is 1. The number of non-ortho nitro benzene ring substituents is 1. The third-order valence-corrected chi connectivity index (χ3v) is 3.35. The third-order valence-electron chi connectivity index (χ3n) is 3.00. The van der Waals surface area contributed by atoms with Gasteiger partial charge in [-0.3, -0.25) is 24.6 Å². The van der Waals surface area contributed by atoms with Crippen molar-refractivity contribution in [2.75, 3.05) is 20.3 Å². The molecule has 0 saturated carbocycles. The predicted molar refractivity (Wildman–Crippen MR) is 74.5 cm³/mol. The summed E-state index contributed by atoms with van der Waals surface area (Å²) < 4.78 is 4.84. The maximum atomic E-state index is 12.2. The molecular weight excluding hydrogens is 300 g/mol. The quantitative estimate of drug-likeness (QED) is 0.467.